The minimum absolute atomic E-state index is 0.0802. The number of carbonyl (C=O) groups excluding carboxylic acids is 1. The minimum atomic E-state index is -0.0802. The van der Waals surface area contributed by atoms with Crippen LogP contribution >= 0.6 is 12.2 Å². The summed E-state index contributed by atoms with van der Waals surface area (Å²) in [6, 6.07) is 7.35. The first-order valence-electron chi connectivity index (χ1n) is 4.49. The SMILES string of the molecule is C=C1c2ccccc2C(=O)N1CC(N)=S. The maximum atomic E-state index is 11.9. The molecule has 0 saturated heterocycles. The Morgan fingerprint density at radius 2 is 2.00 bits per heavy atom. The molecular formula is C11H10N2OS. The van der Waals surface area contributed by atoms with Gasteiger partial charge in [-0.25, -0.2) is 0 Å². The summed E-state index contributed by atoms with van der Waals surface area (Å²) in [5.74, 6) is -0.0802. The van der Waals surface area contributed by atoms with Gasteiger partial charge in [-0.05, 0) is 6.07 Å². The molecule has 0 unspecified atom stereocenters. The van der Waals surface area contributed by atoms with Crippen molar-refractivity contribution in [1.29, 1.82) is 0 Å². The Kier molecular flexibility index (Phi) is 2.28. The van der Waals surface area contributed by atoms with Gasteiger partial charge in [-0.1, -0.05) is 37.0 Å². The lowest BCUT2D eigenvalue weighted by atomic mass is 10.1. The predicted molar refractivity (Wildman–Crippen MR) is 63.3 cm³/mol. The van der Waals surface area contributed by atoms with Gasteiger partial charge in [-0.3, -0.25) is 4.79 Å². The number of amides is 1. The molecular weight excluding hydrogens is 208 g/mol. The van der Waals surface area contributed by atoms with Crippen LogP contribution in [0, 0.1) is 0 Å². The molecule has 2 rings (SSSR count). The highest BCUT2D eigenvalue weighted by molar-refractivity contribution is 7.80. The van der Waals surface area contributed by atoms with Crippen LogP contribution in [-0.4, -0.2) is 22.3 Å². The van der Waals surface area contributed by atoms with Crippen LogP contribution in [0.4, 0.5) is 0 Å². The molecule has 1 aliphatic heterocycles. The van der Waals surface area contributed by atoms with Crippen LogP contribution in [0.1, 0.15) is 15.9 Å². The minimum Gasteiger partial charge on any atom is -0.392 e. The monoisotopic (exact) mass is 218 g/mol. The number of carbonyl (C=O) groups is 1. The van der Waals surface area contributed by atoms with Gasteiger partial charge in [0.25, 0.3) is 5.91 Å². The second-order valence-electron chi connectivity index (χ2n) is 3.35. The van der Waals surface area contributed by atoms with Crippen LogP contribution in [0.3, 0.4) is 0 Å². The number of rotatable bonds is 2. The zero-order chi connectivity index (χ0) is 11.0. The van der Waals surface area contributed by atoms with E-state index in [9.17, 15) is 4.79 Å². The van der Waals surface area contributed by atoms with Gasteiger partial charge in [0.2, 0.25) is 0 Å². The van der Waals surface area contributed by atoms with Crippen molar-refractivity contribution < 1.29 is 4.79 Å². The largest absolute Gasteiger partial charge is 0.392 e. The number of benzene rings is 1. The van der Waals surface area contributed by atoms with Crippen molar-refractivity contribution in [3.05, 3.63) is 42.0 Å². The fourth-order valence-corrected chi connectivity index (χ4v) is 1.79. The summed E-state index contributed by atoms with van der Waals surface area (Å²) >= 11 is 4.79. The first kappa shape index (κ1) is 9.86. The van der Waals surface area contributed by atoms with Gasteiger partial charge in [-0.2, -0.15) is 0 Å². The van der Waals surface area contributed by atoms with Crippen LogP contribution in [-0.2, 0) is 0 Å². The van der Waals surface area contributed by atoms with Gasteiger partial charge < -0.3 is 10.6 Å². The van der Waals surface area contributed by atoms with Crippen LogP contribution in [0.5, 0.6) is 0 Å². The van der Waals surface area contributed by atoms with Crippen molar-refractivity contribution in [2.24, 2.45) is 5.73 Å². The Labute approximate surface area is 93.2 Å². The summed E-state index contributed by atoms with van der Waals surface area (Å²) in [5.41, 5.74) is 7.62. The molecule has 3 nitrogen and oxygen atoms in total. The molecule has 0 fully saturated rings. The molecule has 76 valence electrons. The molecule has 0 saturated carbocycles. The van der Waals surface area contributed by atoms with Crippen molar-refractivity contribution in [2.75, 3.05) is 6.54 Å². The third-order valence-electron chi connectivity index (χ3n) is 2.35. The second-order valence-corrected chi connectivity index (χ2v) is 3.87. The van der Waals surface area contributed by atoms with Crippen molar-refractivity contribution >= 4 is 28.8 Å². The lowest BCUT2D eigenvalue weighted by Gasteiger charge is -2.15. The number of nitrogens with zero attached hydrogens (tertiary/aromatic N) is 1. The van der Waals surface area contributed by atoms with Gasteiger partial charge in [0.1, 0.15) is 0 Å². The Morgan fingerprint density at radius 1 is 1.40 bits per heavy atom. The molecule has 1 amide bonds. The molecule has 0 spiro atoms. The standard InChI is InChI=1S/C11H10N2OS/c1-7-8-4-2-3-5-9(8)11(14)13(7)6-10(12)15/h2-5H,1,6H2,(H2,12,15). The molecule has 1 heterocycles. The van der Waals surface area contributed by atoms with E-state index in [0.717, 1.165) is 5.56 Å². The molecule has 1 aliphatic rings. The first-order valence-corrected chi connectivity index (χ1v) is 4.90. The van der Waals surface area contributed by atoms with E-state index >= 15 is 0 Å². The van der Waals surface area contributed by atoms with E-state index in [-0.39, 0.29) is 17.4 Å². The number of hydrogen-bond acceptors (Lipinski definition) is 2. The number of fused-ring (bicyclic) bond motifs is 1. The third-order valence-corrected chi connectivity index (χ3v) is 2.48. The molecule has 4 heteroatoms. The van der Waals surface area contributed by atoms with Gasteiger partial charge in [0.15, 0.2) is 0 Å². The van der Waals surface area contributed by atoms with Crippen molar-refractivity contribution in [1.82, 2.24) is 4.90 Å². The molecule has 2 N–H and O–H groups in total. The molecule has 0 bridgehead atoms. The van der Waals surface area contributed by atoms with Crippen molar-refractivity contribution in [3.63, 3.8) is 0 Å². The van der Waals surface area contributed by atoms with Gasteiger partial charge in [-0.15, -0.1) is 0 Å². The van der Waals surface area contributed by atoms with E-state index in [0.29, 0.717) is 11.3 Å². The molecule has 0 aromatic heterocycles. The Hall–Kier alpha value is -1.68. The summed E-state index contributed by atoms with van der Waals surface area (Å²) in [4.78, 5) is 13.7. The van der Waals surface area contributed by atoms with E-state index in [4.69, 9.17) is 18.0 Å². The van der Waals surface area contributed by atoms with E-state index in [1.54, 1.807) is 6.07 Å². The number of thiocarbonyl (C=S) groups is 1. The molecule has 15 heavy (non-hydrogen) atoms. The Bertz CT molecular complexity index is 432. The average molecular weight is 218 g/mol. The van der Waals surface area contributed by atoms with Crippen molar-refractivity contribution in [3.8, 4) is 0 Å². The van der Waals surface area contributed by atoms with Gasteiger partial charge in [0, 0.05) is 16.8 Å². The average Bonchev–Trinajstić information content (AvgIpc) is 2.44. The molecule has 0 atom stereocenters. The topological polar surface area (TPSA) is 46.3 Å². The summed E-state index contributed by atoms with van der Waals surface area (Å²) in [7, 11) is 0. The lowest BCUT2D eigenvalue weighted by molar-refractivity contribution is 0.0865. The maximum Gasteiger partial charge on any atom is 0.259 e. The van der Waals surface area contributed by atoms with Crippen LogP contribution in [0.15, 0.2) is 30.8 Å². The highest BCUT2D eigenvalue weighted by Crippen LogP contribution is 2.30. The highest BCUT2D eigenvalue weighted by atomic mass is 32.1. The zero-order valence-corrected chi connectivity index (χ0v) is 8.88. The Balaban J connectivity index is 2.41. The lowest BCUT2D eigenvalue weighted by Crippen LogP contribution is -2.32. The summed E-state index contributed by atoms with van der Waals surface area (Å²) in [6.45, 7) is 4.12. The van der Waals surface area contributed by atoms with Gasteiger partial charge >= 0.3 is 0 Å². The second kappa shape index (κ2) is 3.47. The maximum absolute atomic E-state index is 11.9. The predicted octanol–water partition coefficient (Wildman–Crippen LogP) is 1.40. The normalized spacial score (nSPS) is 14.3. The van der Waals surface area contributed by atoms with Crippen molar-refractivity contribution in [2.45, 2.75) is 0 Å². The van der Waals surface area contributed by atoms with E-state index in [2.05, 4.69) is 6.58 Å². The zero-order valence-electron chi connectivity index (χ0n) is 8.06. The number of nitrogens with two attached hydrogens (primary N) is 1. The Morgan fingerprint density at radius 3 is 2.53 bits per heavy atom. The van der Waals surface area contributed by atoms with E-state index < -0.39 is 0 Å². The van der Waals surface area contributed by atoms with Crippen LogP contribution < -0.4 is 5.73 Å². The number of hydrogen-bond donors (Lipinski definition) is 1. The summed E-state index contributed by atoms with van der Waals surface area (Å²) in [6.07, 6.45) is 0. The fraction of sp³-hybridized carbons (Fsp3) is 0.0909. The molecule has 0 aliphatic carbocycles. The quantitative estimate of drug-likeness (QED) is 0.763. The summed E-state index contributed by atoms with van der Waals surface area (Å²) < 4.78 is 0. The van der Waals surface area contributed by atoms with Crippen LogP contribution in [0.2, 0.25) is 0 Å². The summed E-state index contributed by atoms with van der Waals surface area (Å²) in [5, 5.41) is 0. The van der Waals surface area contributed by atoms with E-state index in [1.165, 1.54) is 4.90 Å². The van der Waals surface area contributed by atoms with Crippen LogP contribution in [0.25, 0.3) is 5.70 Å². The molecule has 1 aromatic rings. The fourth-order valence-electron chi connectivity index (χ4n) is 1.66. The molecule has 0 radical (unpaired) electrons. The smallest absolute Gasteiger partial charge is 0.259 e. The highest BCUT2D eigenvalue weighted by Gasteiger charge is 2.30. The van der Waals surface area contributed by atoms with Gasteiger partial charge in [0.05, 0.1) is 11.5 Å². The third kappa shape index (κ3) is 1.53. The first-order chi connectivity index (χ1) is 7.11. The van der Waals surface area contributed by atoms with E-state index in [1.807, 2.05) is 18.2 Å². The molecule has 1 aromatic carbocycles.